The zero-order chi connectivity index (χ0) is 35.6. The number of rotatable bonds is 6. The molecule has 7 nitrogen and oxygen atoms in total. The lowest BCUT2D eigenvalue weighted by atomic mass is 10.0. The lowest BCUT2D eigenvalue weighted by Crippen LogP contribution is -2.09. The molecule has 0 unspecified atom stereocenters. The molecule has 0 atom stereocenters. The Bertz CT molecular complexity index is 2970. The van der Waals surface area contributed by atoms with Crippen molar-refractivity contribution in [3.63, 3.8) is 0 Å². The predicted molar refractivity (Wildman–Crippen MR) is 215 cm³/mol. The molecule has 0 aliphatic carbocycles. The van der Waals surface area contributed by atoms with Crippen LogP contribution >= 0.6 is 0 Å². The van der Waals surface area contributed by atoms with Crippen LogP contribution in [-0.2, 0) is 0 Å². The van der Waals surface area contributed by atoms with E-state index in [1.807, 2.05) is 66.7 Å². The first-order valence-corrected chi connectivity index (χ1v) is 17.7. The standard InChI is InChI=1S/C47H28N4O3/c1-2-8-38-33(7-1)28-44-45(48-38)37-26-19-32(27-43(37)52-44)29-13-20-34(21-14-29)51(35-22-15-30(16-23-35)46-49-39-9-3-5-11-41(39)53-46)36-24-17-31(18-25-36)47-50-40-10-4-6-12-42(40)54-47/h1-28H. The summed E-state index contributed by atoms with van der Waals surface area (Å²) in [7, 11) is 0. The van der Waals surface area contributed by atoms with Crippen molar-refractivity contribution in [3.8, 4) is 34.0 Å². The minimum absolute atomic E-state index is 0.590. The van der Waals surface area contributed by atoms with Gasteiger partial charge >= 0.3 is 0 Å². The van der Waals surface area contributed by atoms with E-state index in [-0.39, 0.29) is 0 Å². The summed E-state index contributed by atoms with van der Waals surface area (Å²) in [5.74, 6) is 1.18. The second-order valence-corrected chi connectivity index (χ2v) is 13.3. The number of hydrogen-bond donors (Lipinski definition) is 0. The van der Waals surface area contributed by atoms with Crippen molar-refractivity contribution < 1.29 is 13.3 Å². The number of anilines is 3. The summed E-state index contributed by atoms with van der Waals surface area (Å²) in [4.78, 5) is 16.5. The summed E-state index contributed by atoms with van der Waals surface area (Å²) in [5, 5.41) is 2.07. The quantitative estimate of drug-likeness (QED) is 0.171. The largest absolute Gasteiger partial charge is 0.454 e. The minimum atomic E-state index is 0.590. The molecular formula is C47H28N4O3. The van der Waals surface area contributed by atoms with Crippen molar-refractivity contribution in [3.05, 3.63) is 170 Å². The van der Waals surface area contributed by atoms with Gasteiger partial charge in [-0.1, -0.05) is 60.7 Å². The molecule has 54 heavy (non-hydrogen) atoms. The fourth-order valence-corrected chi connectivity index (χ4v) is 7.22. The molecule has 254 valence electrons. The highest BCUT2D eigenvalue weighted by molar-refractivity contribution is 6.07. The van der Waals surface area contributed by atoms with Crippen LogP contribution in [0.5, 0.6) is 0 Å². The van der Waals surface area contributed by atoms with Crippen LogP contribution in [0.2, 0.25) is 0 Å². The third-order valence-corrected chi connectivity index (χ3v) is 9.94. The van der Waals surface area contributed by atoms with Crippen molar-refractivity contribution in [1.29, 1.82) is 0 Å². The summed E-state index contributed by atoms with van der Waals surface area (Å²) >= 11 is 0. The van der Waals surface area contributed by atoms with E-state index >= 15 is 0 Å². The molecule has 0 saturated heterocycles. The lowest BCUT2D eigenvalue weighted by Gasteiger charge is -2.26. The second kappa shape index (κ2) is 12.0. The number of furan rings is 1. The SMILES string of the molecule is c1ccc2nc3c(cc2c1)oc1cc(-c2ccc(N(c4ccc(-c5nc6ccccc6o5)cc4)c4ccc(-c5nc6ccccc6o5)cc4)cc2)ccc13. The molecule has 7 heteroatoms. The number of fused-ring (bicyclic) bond motifs is 6. The number of aromatic nitrogens is 3. The molecule has 0 spiro atoms. The molecule has 11 rings (SSSR count). The van der Waals surface area contributed by atoms with Gasteiger partial charge in [0.15, 0.2) is 16.7 Å². The summed E-state index contributed by atoms with van der Waals surface area (Å²) in [6, 6.07) is 57.3. The summed E-state index contributed by atoms with van der Waals surface area (Å²) in [6.45, 7) is 0. The zero-order valence-electron chi connectivity index (χ0n) is 28.7. The van der Waals surface area contributed by atoms with E-state index in [0.717, 1.165) is 94.5 Å². The van der Waals surface area contributed by atoms with Crippen molar-refractivity contribution in [2.75, 3.05) is 4.90 Å². The fourth-order valence-electron chi connectivity index (χ4n) is 7.22. The number of oxazole rings is 2. The number of hydrogen-bond acceptors (Lipinski definition) is 7. The van der Waals surface area contributed by atoms with Gasteiger partial charge in [-0.2, -0.15) is 0 Å². The molecule has 0 aliphatic heterocycles. The van der Waals surface area contributed by atoms with Crippen LogP contribution < -0.4 is 4.90 Å². The van der Waals surface area contributed by atoms with Gasteiger partial charge < -0.3 is 18.2 Å². The highest BCUT2D eigenvalue weighted by Gasteiger charge is 2.17. The Hall–Kier alpha value is -7.51. The third-order valence-electron chi connectivity index (χ3n) is 9.94. The zero-order valence-corrected chi connectivity index (χ0v) is 28.7. The monoisotopic (exact) mass is 696 g/mol. The van der Waals surface area contributed by atoms with E-state index in [1.165, 1.54) is 0 Å². The first-order chi connectivity index (χ1) is 26.7. The Morgan fingerprint density at radius 1 is 0.352 bits per heavy atom. The Labute approximate surface area is 308 Å². The van der Waals surface area contributed by atoms with Crippen LogP contribution in [-0.4, -0.2) is 15.0 Å². The maximum absolute atomic E-state index is 6.32. The molecule has 11 aromatic rings. The molecule has 0 radical (unpaired) electrons. The smallest absolute Gasteiger partial charge is 0.227 e. The van der Waals surface area contributed by atoms with Crippen LogP contribution in [0.15, 0.2) is 183 Å². The number of pyridine rings is 1. The van der Waals surface area contributed by atoms with E-state index < -0.39 is 0 Å². The Balaban J connectivity index is 0.958. The maximum atomic E-state index is 6.32. The van der Waals surface area contributed by atoms with Crippen LogP contribution in [0.25, 0.3) is 89.2 Å². The van der Waals surface area contributed by atoms with Gasteiger partial charge in [-0.25, -0.2) is 15.0 Å². The van der Waals surface area contributed by atoms with E-state index in [1.54, 1.807) is 0 Å². The van der Waals surface area contributed by atoms with Crippen molar-refractivity contribution in [2.24, 2.45) is 0 Å². The van der Waals surface area contributed by atoms with Crippen molar-refractivity contribution in [1.82, 2.24) is 15.0 Å². The molecule has 4 aromatic heterocycles. The van der Waals surface area contributed by atoms with Gasteiger partial charge in [0.1, 0.15) is 22.1 Å². The predicted octanol–water partition coefficient (Wildman–Crippen LogP) is 12.9. The lowest BCUT2D eigenvalue weighted by molar-refractivity contribution is 0.619. The van der Waals surface area contributed by atoms with Gasteiger partial charge in [-0.3, -0.25) is 0 Å². The first kappa shape index (κ1) is 30.1. The van der Waals surface area contributed by atoms with Gasteiger partial charge in [0, 0.05) is 39.0 Å². The molecule has 4 heterocycles. The fraction of sp³-hybridized carbons (Fsp3) is 0. The highest BCUT2D eigenvalue weighted by atomic mass is 16.4. The normalized spacial score (nSPS) is 11.7. The molecule has 0 N–H and O–H groups in total. The summed E-state index contributed by atoms with van der Waals surface area (Å²) in [6.07, 6.45) is 0. The van der Waals surface area contributed by atoms with E-state index in [4.69, 9.17) is 28.2 Å². The van der Waals surface area contributed by atoms with Crippen LogP contribution in [0, 0.1) is 0 Å². The Morgan fingerprint density at radius 3 is 1.43 bits per heavy atom. The van der Waals surface area contributed by atoms with Gasteiger partial charge in [-0.05, 0) is 120 Å². The number of para-hydroxylation sites is 5. The van der Waals surface area contributed by atoms with Crippen molar-refractivity contribution in [2.45, 2.75) is 0 Å². The molecule has 7 aromatic carbocycles. The average molecular weight is 697 g/mol. The van der Waals surface area contributed by atoms with E-state index in [2.05, 4.69) is 108 Å². The van der Waals surface area contributed by atoms with Crippen molar-refractivity contribution >= 4 is 72.2 Å². The molecule has 0 saturated carbocycles. The molecule has 0 amide bonds. The number of benzene rings is 7. The Kier molecular flexibility index (Phi) is 6.72. The topological polar surface area (TPSA) is 81.3 Å². The van der Waals surface area contributed by atoms with E-state index in [0.29, 0.717) is 11.8 Å². The van der Waals surface area contributed by atoms with Gasteiger partial charge in [0.25, 0.3) is 0 Å². The van der Waals surface area contributed by atoms with Crippen LogP contribution in [0.4, 0.5) is 17.1 Å². The highest BCUT2D eigenvalue weighted by Crippen LogP contribution is 2.39. The first-order valence-electron chi connectivity index (χ1n) is 17.7. The molecule has 0 bridgehead atoms. The number of nitrogens with zero attached hydrogens (tertiary/aromatic N) is 4. The average Bonchev–Trinajstić information content (AvgIpc) is 3.96. The minimum Gasteiger partial charge on any atom is -0.454 e. The van der Waals surface area contributed by atoms with Crippen LogP contribution in [0.1, 0.15) is 0 Å². The van der Waals surface area contributed by atoms with Crippen LogP contribution in [0.3, 0.4) is 0 Å². The maximum Gasteiger partial charge on any atom is 0.227 e. The van der Waals surface area contributed by atoms with Gasteiger partial charge in [0.2, 0.25) is 11.8 Å². The summed E-state index contributed by atoms with van der Waals surface area (Å²) in [5.41, 5.74) is 13.6. The molecular weight excluding hydrogens is 669 g/mol. The molecule has 0 aliphatic rings. The van der Waals surface area contributed by atoms with E-state index in [9.17, 15) is 0 Å². The second-order valence-electron chi connectivity index (χ2n) is 13.3. The van der Waals surface area contributed by atoms with Gasteiger partial charge in [0.05, 0.1) is 5.52 Å². The Morgan fingerprint density at radius 2 is 0.852 bits per heavy atom. The summed E-state index contributed by atoms with van der Waals surface area (Å²) < 4.78 is 18.5. The molecule has 0 fully saturated rings. The third kappa shape index (κ3) is 5.10. The van der Waals surface area contributed by atoms with Gasteiger partial charge in [-0.15, -0.1) is 0 Å².